The monoisotopic (exact) mass is 290 g/mol. The number of nitriles is 1. The molecule has 1 N–H and O–H groups in total. The van der Waals surface area contributed by atoms with Gasteiger partial charge >= 0.3 is 0 Å². The third-order valence-electron chi connectivity index (χ3n) is 2.91. The highest BCUT2D eigenvalue weighted by Crippen LogP contribution is 2.13. The summed E-state index contributed by atoms with van der Waals surface area (Å²) in [6.07, 6.45) is 3.11. The molecule has 0 saturated heterocycles. The Hall–Kier alpha value is -3.19. The van der Waals surface area contributed by atoms with E-state index in [4.69, 9.17) is 5.26 Å². The van der Waals surface area contributed by atoms with Crippen LogP contribution < -0.4 is 5.32 Å². The smallest absolute Gasteiger partial charge is 0.221 e. The summed E-state index contributed by atoms with van der Waals surface area (Å²) in [5.41, 5.74) is 2.39. The number of hydrogen-bond acceptors (Lipinski definition) is 3. The van der Waals surface area contributed by atoms with Gasteiger partial charge < -0.3 is 5.32 Å². The Morgan fingerprint density at radius 2 is 1.91 bits per heavy atom. The third-order valence-corrected chi connectivity index (χ3v) is 2.91. The van der Waals surface area contributed by atoms with E-state index < -0.39 is 0 Å². The van der Waals surface area contributed by atoms with Crippen molar-refractivity contribution in [1.82, 2.24) is 0 Å². The average molecular weight is 290 g/mol. The molecule has 0 radical (unpaired) electrons. The summed E-state index contributed by atoms with van der Waals surface area (Å²) in [5.74, 6) is -0.358. The quantitative estimate of drug-likeness (QED) is 0.693. The van der Waals surface area contributed by atoms with Gasteiger partial charge in [-0.3, -0.25) is 9.59 Å². The Morgan fingerprint density at radius 3 is 2.64 bits per heavy atom. The zero-order chi connectivity index (χ0) is 15.9. The van der Waals surface area contributed by atoms with Crippen LogP contribution in [0.4, 0.5) is 5.69 Å². The van der Waals surface area contributed by atoms with Gasteiger partial charge in [-0.05, 0) is 35.9 Å². The number of carbonyl (C=O) groups excluding carboxylic acids is 2. The fourth-order valence-corrected chi connectivity index (χ4v) is 1.93. The maximum atomic E-state index is 12.1. The van der Waals surface area contributed by atoms with Crippen molar-refractivity contribution in [2.75, 3.05) is 5.32 Å². The minimum absolute atomic E-state index is 0.172. The number of nitrogens with one attached hydrogen (secondary N) is 1. The van der Waals surface area contributed by atoms with Gasteiger partial charge in [0.15, 0.2) is 5.78 Å². The summed E-state index contributed by atoms with van der Waals surface area (Å²) in [6, 6.07) is 15.8. The molecule has 4 heteroatoms. The van der Waals surface area contributed by atoms with Gasteiger partial charge in [0, 0.05) is 18.2 Å². The van der Waals surface area contributed by atoms with Gasteiger partial charge in [-0.15, -0.1) is 0 Å². The molecule has 2 rings (SSSR count). The molecule has 0 heterocycles. The van der Waals surface area contributed by atoms with E-state index in [-0.39, 0.29) is 11.7 Å². The summed E-state index contributed by atoms with van der Waals surface area (Å²) >= 11 is 0. The van der Waals surface area contributed by atoms with Crippen molar-refractivity contribution in [2.24, 2.45) is 0 Å². The Morgan fingerprint density at radius 1 is 1.14 bits per heavy atom. The van der Waals surface area contributed by atoms with E-state index in [2.05, 4.69) is 11.4 Å². The molecular formula is C18H14N2O2. The van der Waals surface area contributed by atoms with E-state index in [0.29, 0.717) is 16.8 Å². The van der Waals surface area contributed by atoms with Crippen molar-refractivity contribution in [3.8, 4) is 6.07 Å². The first-order valence-corrected chi connectivity index (χ1v) is 6.69. The standard InChI is InChI=1S/C18H14N2O2/c1-13(21)20-17-7-3-6-16(11-17)18(22)9-8-14-4-2-5-15(10-14)12-19/h2-11H,1H3,(H,20,21)/b9-8+. The molecule has 0 aliphatic heterocycles. The van der Waals surface area contributed by atoms with Gasteiger partial charge in [0.2, 0.25) is 5.91 Å². The van der Waals surface area contributed by atoms with Crippen molar-refractivity contribution < 1.29 is 9.59 Å². The number of amides is 1. The number of rotatable bonds is 4. The van der Waals surface area contributed by atoms with Gasteiger partial charge in [-0.1, -0.05) is 30.3 Å². The first kappa shape index (κ1) is 15.2. The minimum Gasteiger partial charge on any atom is -0.326 e. The minimum atomic E-state index is -0.187. The van der Waals surface area contributed by atoms with E-state index in [1.807, 2.05) is 6.07 Å². The summed E-state index contributed by atoms with van der Waals surface area (Å²) in [4.78, 5) is 23.2. The Bertz CT molecular complexity index is 786. The summed E-state index contributed by atoms with van der Waals surface area (Å²) in [5, 5.41) is 11.5. The van der Waals surface area contributed by atoms with E-state index in [9.17, 15) is 9.59 Å². The molecule has 0 fully saturated rings. The largest absolute Gasteiger partial charge is 0.326 e. The predicted molar refractivity (Wildman–Crippen MR) is 85.3 cm³/mol. The molecule has 0 unspecified atom stereocenters. The number of benzene rings is 2. The second-order valence-electron chi connectivity index (χ2n) is 4.70. The lowest BCUT2D eigenvalue weighted by molar-refractivity contribution is -0.114. The normalized spacial score (nSPS) is 10.2. The van der Waals surface area contributed by atoms with Gasteiger partial charge in [-0.2, -0.15) is 5.26 Å². The molecule has 0 spiro atoms. The number of carbonyl (C=O) groups is 2. The van der Waals surface area contributed by atoms with Crippen LogP contribution in [0.25, 0.3) is 6.08 Å². The second-order valence-corrected chi connectivity index (χ2v) is 4.70. The topological polar surface area (TPSA) is 70.0 Å². The fraction of sp³-hybridized carbons (Fsp3) is 0.0556. The lowest BCUT2D eigenvalue weighted by atomic mass is 10.1. The van der Waals surface area contributed by atoms with Crippen molar-refractivity contribution in [1.29, 1.82) is 5.26 Å². The highest BCUT2D eigenvalue weighted by Gasteiger charge is 2.04. The molecule has 2 aromatic rings. The van der Waals surface area contributed by atoms with Crippen molar-refractivity contribution >= 4 is 23.5 Å². The van der Waals surface area contributed by atoms with E-state index >= 15 is 0 Å². The maximum absolute atomic E-state index is 12.1. The molecule has 0 saturated carbocycles. The second kappa shape index (κ2) is 7.00. The lowest BCUT2D eigenvalue weighted by Crippen LogP contribution is -2.06. The van der Waals surface area contributed by atoms with Crippen molar-refractivity contribution in [3.05, 3.63) is 71.3 Å². The van der Waals surface area contributed by atoms with Crippen LogP contribution in [0.5, 0.6) is 0 Å². The van der Waals surface area contributed by atoms with Crippen LogP contribution in [0, 0.1) is 11.3 Å². The van der Waals surface area contributed by atoms with E-state index in [0.717, 1.165) is 5.56 Å². The molecule has 0 aliphatic carbocycles. The fourth-order valence-electron chi connectivity index (χ4n) is 1.93. The molecule has 22 heavy (non-hydrogen) atoms. The molecule has 0 aliphatic rings. The number of ketones is 1. The molecule has 0 bridgehead atoms. The van der Waals surface area contributed by atoms with Gasteiger partial charge in [0.05, 0.1) is 11.6 Å². The van der Waals surface area contributed by atoms with E-state index in [1.165, 1.54) is 13.0 Å². The summed E-state index contributed by atoms with van der Waals surface area (Å²) < 4.78 is 0. The Labute approximate surface area is 128 Å². The maximum Gasteiger partial charge on any atom is 0.221 e. The van der Waals surface area contributed by atoms with Gasteiger partial charge in [-0.25, -0.2) is 0 Å². The first-order chi connectivity index (χ1) is 10.6. The number of anilines is 1. The SMILES string of the molecule is CC(=O)Nc1cccc(C(=O)/C=C/c2cccc(C#N)c2)c1. The van der Waals surface area contributed by atoms with Crippen LogP contribution in [-0.2, 0) is 4.79 Å². The highest BCUT2D eigenvalue weighted by atomic mass is 16.1. The van der Waals surface area contributed by atoms with Crippen LogP contribution in [0.2, 0.25) is 0 Å². The Balaban J connectivity index is 2.16. The predicted octanol–water partition coefficient (Wildman–Crippen LogP) is 3.41. The van der Waals surface area contributed by atoms with Crippen LogP contribution in [-0.4, -0.2) is 11.7 Å². The molecule has 108 valence electrons. The number of allylic oxidation sites excluding steroid dienone is 1. The van der Waals surface area contributed by atoms with Crippen molar-refractivity contribution in [3.63, 3.8) is 0 Å². The molecular weight excluding hydrogens is 276 g/mol. The summed E-state index contributed by atoms with van der Waals surface area (Å²) in [7, 11) is 0. The third kappa shape index (κ3) is 4.15. The van der Waals surface area contributed by atoms with Crippen LogP contribution in [0.15, 0.2) is 54.6 Å². The van der Waals surface area contributed by atoms with Crippen LogP contribution in [0.1, 0.15) is 28.4 Å². The Kier molecular flexibility index (Phi) is 4.84. The van der Waals surface area contributed by atoms with Crippen LogP contribution in [0.3, 0.4) is 0 Å². The lowest BCUT2D eigenvalue weighted by Gasteiger charge is -2.03. The number of nitrogens with zero attached hydrogens (tertiary/aromatic N) is 1. The van der Waals surface area contributed by atoms with Gasteiger partial charge in [0.25, 0.3) is 0 Å². The molecule has 0 aromatic heterocycles. The number of hydrogen-bond donors (Lipinski definition) is 1. The molecule has 2 aromatic carbocycles. The highest BCUT2D eigenvalue weighted by molar-refractivity contribution is 6.07. The summed E-state index contributed by atoms with van der Waals surface area (Å²) in [6.45, 7) is 1.41. The zero-order valence-corrected chi connectivity index (χ0v) is 12.0. The van der Waals surface area contributed by atoms with Gasteiger partial charge in [0.1, 0.15) is 0 Å². The molecule has 0 atom stereocenters. The van der Waals surface area contributed by atoms with Crippen molar-refractivity contribution in [2.45, 2.75) is 6.92 Å². The zero-order valence-electron chi connectivity index (χ0n) is 12.0. The average Bonchev–Trinajstić information content (AvgIpc) is 2.52. The van der Waals surface area contributed by atoms with E-state index in [1.54, 1.807) is 48.5 Å². The molecule has 1 amide bonds. The van der Waals surface area contributed by atoms with Crippen LogP contribution >= 0.6 is 0 Å². The molecule has 4 nitrogen and oxygen atoms in total. The first-order valence-electron chi connectivity index (χ1n) is 6.69.